The number of amides is 1. The molecule has 0 saturated carbocycles. The lowest BCUT2D eigenvalue weighted by atomic mass is 10.1. The smallest absolute Gasteiger partial charge is 0.255 e. The summed E-state index contributed by atoms with van der Waals surface area (Å²) in [6.45, 7) is 3.15. The Morgan fingerprint density at radius 2 is 1.82 bits per heavy atom. The van der Waals surface area contributed by atoms with Crippen molar-refractivity contribution in [3.8, 4) is 5.75 Å². The molecule has 0 atom stereocenters. The second-order valence-corrected chi connectivity index (χ2v) is 6.14. The van der Waals surface area contributed by atoms with Gasteiger partial charge in [-0.2, -0.15) is 0 Å². The summed E-state index contributed by atoms with van der Waals surface area (Å²) < 4.78 is 18.3. The number of hydrogen-bond acceptors (Lipinski definition) is 4. The first-order valence-corrected chi connectivity index (χ1v) is 9.12. The maximum atomic E-state index is 12.9. The molecule has 0 bridgehead atoms. The van der Waals surface area contributed by atoms with Gasteiger partial charge >= 0.3 is 0 Å². The summed E-state index contributed by atoms with van der Waals surface area (Å²) in [6, 6.07) is 17.0. The van der Waals surface area contributed by atoms with Crippen LogP contribution in [0.3, 0.4) is 0 Å². The van der Waals surface area contributed by atoms with Crippen LogP contribution in [0.25, 0.3) is 0 Å². The Balaban J connectivity index is 1.55. The van der Waals surface area contributed by atoms with E-state index in [1.54, 1.807) is 42.6 Å². The molecule has 5 nitrogen and oxygen atoms in total. The van der Waals surface area contributed by atoms with Gasteiger partial charge in [0.25, 0.3) is 5.91 Å². The SMILES string of the molecule is CCOc1ccc(NC(=O)c2ccnc(NCCc3ccc(F)cc3)c2)cc1. The number of hydrogen-bond donors (Lipinski definition) is 2. The predicted octanol–water partition coefficient (Wildman–Crippen LogP) is 4.53. The van der Waals surface area contributed by atoms with Crippen LogP contribution in [0.1, 0.15) is 22.8 Å². The first-order chi connectivity index (χ1) is 13.6. The van der Waals surface area contributed by atoms with Crippen LogP contribution in [0.15, 0.2) is 66.9 Å². The van der Waals surface area contributed by atoms with Gasteiger partial charge < -0.3 is 15.4 Å². The number of nitrogens with one attached hydrogen (secondary N) is 2. The van der Waals surface area contributed by atoms with E-state index in [2.05, 4.69) is 15.6 Å². The minimum atomic E-state index is -0.246. The van der Waals surface area contributed by atoms with Crippen molar-refractivity contribution in [1.82, 2.24) is 4.98 Å². The number of halogens is 1. The van der Waals surface area contributed by atoms with Crippen LogP contribution >= 0.6 is 0 Å². The van der Waals surface area contributed by atoms with Crippen molar-refractivity contribution in [1.29, 1.82) is 0 Å². The summed E-state index contributed by atoms with van der Waals surface area (Å²) in [5.74, 6) is 0.913. The van der Waals surface area contributed by atoms with Gasteiger partial charge in [0, 0.05) is 24.0 Å². The molecule has 3 aromatic rings. The molecular weight excluding hydrogens is 357 g/mol. The molecule has 3 rings (SSSR count). The van der Waals surface area contributed by atoms with Crippen molar-refractivity contribution in [2.75, 3.05) is 23.8 Å². The molecule has 0 radical (unpaired) electrons. The number of carbonyl (C=O) groups excluding carboxylic acids is 1. The zero-order valence-corrected chi connectivity index (χ0v) is 15.6. The molecular formula is C22H22FN3O2. The van der Waals surface area contributed by atoms with Crippen LogP contribution < -0.4 is 15.4 Å². The zero-order chi connectivity index (χ0) is 19.8. The lowest BCUT2D eigenvalue weighted by Gasteiger charge is -2.09. The van der Waals surface area contributed by atoms with E-state index in [1.165, 1.54) is 12.1 Å². The minimum absolute atomic E-state index is 0.215. The van der Waals surface area contributed by atoms with Gasteiger partial charge in [0.05, 0.1) is 6.61 Å². The van der Waals surface area contributed by atoms with Gasteiger partial charge in [-0.3, -0.25) is 4.79 Å². The fourth-order valence-corrected chi connectivity index (χ4v) is 2.66. The molecule has 2 aromatic carbocycles. The molecule has 0 fully saturated rings. The molecule has 28 heavy (non-hydrogen) atoms. The average Bonchev–Trinajstić information content (AvgIpc) is 2.71. The van der Waals surface area contributed by atoms with E-state index in [1.807, 2.05) is 19.1 Å². The highest BCUT2D eigenvalue weighted by Gasteiger charge is 2.08. The highest BCUT2D eigenvalue weighted by Crippen LogP contribution is 2.17. The van der Waals surface area contributed by atoms with Gasteiger partial charge in [0.15, 0.2) is 0 Å². The molecule has 6 heteroatoms. The third kappa shape index (κ3) is 5.54. The molecule has 2 N–H and O–H groups in total. The molecule has 0 aliphatic rings. The molecule has 0 saturated heterocycles. The first-order valence-electron chi connectivity index (χ1n) is 9.12. The Morgan fingerprint density at radius 3 is 2.54 bits per heavy atom. The van der Waals surface area contributed by atoms with Crippen molar-refractivity contribution >= 4 is 17.4 Å². The van der Waals surface area contributed by atoms with Crippen molar-refractivity contribution in [2.24, 2.45) is 0 Å². The van der Waals surface area contributed by atoms with Crippen molar-refractivity contribution in [3.05, 3.63) is 83.8 Å². The number of carbonyl (C=O) groups is 1. The normalized spacial score (nSPS) is 10.4. The molecule has 1 amide bonds. The summed E-state index contributed by atoms with van der Waals surface area (Å²) in [7, 11) is 0. The van der Waals surface area contributed by atoms with Crippen LogP contribution in [0.4, 0.5) is 15.9 Å². The van der Waals surface area contributed by atoms with Crippen LogP contribution in [-0.4, -0.2) is 24.0 Å². The lowest BCUT2D eigenvalue weighted by Crippen LogP contribution is -2.13. The highest BCUT2D eigenvalue weighted by molar-refractivity contribution is 6.04. The van der Waals surface area contributed by atoms with Gasteiger partial charge in [-0.15, -0.1) is 0 Å². The van der Waals surface area contributed by atoms with Crippen molar-refractivity contribution in [2.45, 2.75) is 13.3 Å². The standard InChI is InChI=1S/C22H22FN3O2/c1-2-28-20-9-7-19(8-10-20)26-22(27)17-12-14-25-21(15-17)24-13-11-16-3-5-18(23)6-4-16/h3-10,12,14-15H,2,11,13H2,1H3,(H,24,25)(H,26,27). The maximum Gasteiger partial charge on any atom is 0.255 e. The van der Waals surface area contributed by atoms with E-state index >= 15 is 0 Å². The van der Waals surface area contributed by atoms with E-state index in [0.717, 1.165) is 17.7 Å². The summed E-state index contributed by atoms with van der Waals surface area (Å²) >= 11 is 0. The number of anilines is 2. The number of nitrogens with zero attached hydrogens (tertiary/aromatic N) is 1. The third-order valence-corrected chi connectivity index (χ3v) is 4.08. The largest absolute Gasteiger partial charge is 0.494 e. The Labute approximate surface area is 163 Å². The molecule has 0 aliphatic carbocycles. The monoisotopic (exact) mass is 379 g/mol. The number of pyridine rings is 1. The van der Waals surface area contributed by atoms with Crippen LogP contribution in [0, 0.1) is 5.82 Å². The minimum Gasteiger partial charge on any atom is -0.494 e. The fraction of sp³-hybridized carbons (Fsp3) is 0.182. The Kier molecular flexibility index (Phi) is 6.57. The van der Waals surface area contributed by atoms with Gasteiger partial charge in [0.1, 0.15) is 17.4 Å². The van der Waals surface area contributed by atoms with Gasteiger partial charge in [-0.1, -0.05) is 12.1 Å². The predicted molar refractivity (Wildman–Crippen MR) is 108 cm³/mol. The highest BCUT2D eigenvalue weighted by atomic mass is 19.1. The topological polar surface area (TPSA) is 63.2 Å². The van der Waals surface area contributed by atoms with Crippen LogP contribution in [0.2, 0.25) is 0 Å². The van der Waals surface area contributed by atoms with Crippen molar-refractivity contribution in [3.63, 3.8) is 0 Å². The fourth-order valence-electron chi connectivity index (χ4n) is 2.66. The summed E-state index contributed by atoms with van der Waals surface area (Å²) in [6.07, 6.45) is 2.32. The van der Waals surface area contributed by atoms with E-state index < -0.39 is 0 Å². The Bertz CT molecular complexity index is 912. The van der Waals surface area contributed by atoms with Gasteiger partial charge in [-0.05, 0) is 67.4 Å². The average molecular weight is 379 g/mol. The third-order valence-electron chi connectivity index (χ3n) is 4.08. The van der Waals surface area contributed by atoms with Crippen LogP contribution in [-0.2, 0) is 6.42 Å². The zero-order valence-electron chi connectivity index (χ0n) is 15.6. The van der Waals surface area contributed by atoms with Gasteiger partial charge in [0.2, 0.25) is 0 Å². The Hall–Kier alpha value is -3.41. The number of aromatic nitrogens is 1. The van der Waals surface area contributed by atoms with E-state index in [4.69, 9.17) is 4.74 Å². The second-order valence-electron chi connectivity index (χ2n) is 6.14. The van der Waals surface area contributed by atoms with Crippen molar-refractivity contribution < 1.29 is 13.9 Å². The second kappa shape index (κ2) is 9.50. The summed E-state index contributed by atoms with van der Waals surface area (Å²) in [4.78, 5) is 16.7. The van der Waals surface area contributed by atoms with E-state index in [0.29, 0.717) is 30.2 Å². The molecule has 1 aromatic heterocycles. The van der Waals surface area contributed by atoms with E-state index in [9.17, 15) is 9.18 Å². The molecule has 0 spiro atoms. The molecule has 1 heterocycles. The Morgan fingerprint density at radius 1 is 1.07 bits per heavy atom. The molecule has 0 aliphatic heterocycles. The lowest BCUT2D eigenvalue weighted by molar-refractivity contribution is 0.102. The number of benzene rings is 2. The maximum absolute atomic E-state index is 12.9. The van der Waals surface area contributed by atoms with Crippen LogP contribution in [0.5, 0.6) is 5.75 Å². The summed E-state index contributed by atoms with van der Waals surface area (Å²) in [5.41, 5.74) is 2.22. The number of ether oxygens (including phenoxy) is 1. The molecule has 0 unspecified atom stereocenters. The first kappa shape index (κ1) is 19.4. The molecule has 144 valence electrons. The number of rotatable bonds is 8. The quantitative estimate of drug-likeness (QED) is 0.604. The van der Waals surface area contributed by atoms with Gasteiger partial charge in [-0.25, -0.2) is 9.37 Å². The van der Waals surface area contributed by atoms with E-state index in [-0.39, 0.29) is 11.7 Å². The summed E-state index contributed by atoms with van der Waals surface area (Å²) in [5, 5.41) is 6.04.